The maximum atomic E-state index is 13.7. The summed E-state index contributed by atoms with van der Waals surface area (Å²) in [4.78, 5) is 12.2. The zero-order valence-corrected chi connectivity index (χ0v) is 14.3. The highest BCUT2D eigenvalue weighted by Crippen LogP contribution is 2.21. The number of amides is 1. The van der Waals surface area contributed by atoms with E-state index in [0.29, 0.717) is 10.0 Å². The van der Waals surface area contributed by atoms with Crippen molar-refractivity contribution in [3.63, 3.8) is 0 Å². The van der Waals surface area contributed by atoms with Gasteiger partial charge in [0.1, 0.15) is 5.82 Å². The van der Waals surface area contributed by atoms with Crippen molar-refractivity contribution in [3.05, 3.63) is 57.8 Å². The number of anilines is 1. The summed E-state index contributed by atoms with van der Waals surface area (Å²) >= 11 is 3.13. The summed E-state index contributed by atoms with van der Waals surface area (Å²) in [7, 11) is -3.44. The number of hydrogen-bond donors (Lipinski definition) is 1. The molecule has 0 saturated carbocycles. The van der Waals surface area contributed by atoms with Crippen LogP contribution in [-0.2, 0) is 9.84 Å². The summed E-state index contributed by atoms with van der Waals surface area (Å²) in [5.74, 6) is -1.16. The Bertz CT molecular complexity index is 850. The van der Waals surface area contributed by atoms with Gasteiger partial charge in [-0.25, -0.2) is 12.8 Å². The summed E-state index contributed by atoms with van der Waals surface area (Å²) in [6.07, 6.45) is 1.07. The maximum Gasteiger partial charge on any atom is 0.255 e. The highest BCUT2D eigenvalue weighted by molar-refractivity contribution is 9.10. The summed E-state index contributed by atoms with van der Waals surface area (Å²) < 4.78 is 37.6. The molecule has 0 atom stereocenters. The van der Waals surface area contributed by atoms with Crippen molar-refractivity contribution in [3.8, 4) is 0 Å². The van der Waals surface area contributed by atoms with E-state index in [9.17, 15) is 17.6 Å². The topological polar surface area (TPSA) is 63.2 Å². The SMILES string of the molecule is Cc1ccc(C(=O)Nc2ccc(Br)cc2F)cc1S(C)(=O)=O. The molecule has 0 heterocycles. The second kappa shape index (κ2) is 6.18. The number of halogens is 2. The minimum absolute atomic E-state index is 0.0229. The Balaban J connectivity index is 2.34. The lowest BCUT2D eigenvalue weighted by Gasteiger charge is -2.09. The van der Waals surface area contributed by atoms with E-state index in [2.05, 4.69) is 21.2 Å². The number of hydrogen-bond acceptors (Lipinski definition) is 3. The van der Waals surface area contributed by atoms with Gasteiger partial charge < -0.3 is 5.32 Å². The quantitative estimate of drug-likeness (QED) is 0.878. The molecule has 116 valence electrons. The first-order valence-electron chi connectivity index (χ1n) is 6.25. The highest BCUT2D eigenvalue weighted by atomic mass is 79.9. The van der Waals surface area contributed by atoms with E-state index in [1.807, 2.05) is 0 Å². The Labute approximate surface area is 136 Å². The summed E-state index contributed by atoms with van der Waals surface area (Å²) in [6.45, 7) is 1.65. The molecule has 0 aliphatic heterocycles. The van der Waals surface area contributed by atoms with Crippen LogP contribution in [0.5, 0.6) is 0 Å². The zero-order chi connectivity index (χ0) is 16.5. The molecule has 0 aromatic heterocycles. The van der Waals surface area contributed by atoms with E-state index < -0.39 is 21.6 Å². The van der Waals surface area contributed by atoms with Crippen molar-refractivity contribution in [2.75, 3.05) is 11.6 Å². The van der Waals surface area contributed by atoms with Crippen LogP contribution in [0.4, 0.5) is 10.1 Å². The maximum absolute atomic E-state index is 13.7. The third-order valence-corrected chi connectivity index (χ3v) is 4.76. The van der Waals surface area contributed by atoms with Gasteiger partial charge >= 0.3 is 0 Å². The lowest BCUT2D eigenvalue weighted by molar-refractivity contribution is 0.102. The van der Waals surface area contributed by atoms with Crippen LogP contribution in [0.15, 0.2) is 45.8 Å². The van der Waals surface area contributed by atoms with Gasteiger partial charge in [0.05, 0.1) is 10.6 Å². The average Bonchev–Trinajstić information content (AvgIpc) is 2.41. The fraction of sp³-hybridized carbons (Fsp3) is 0.133. The van der Waals surface area contributed by atoms with Crippen molar-refractivity contribution in [2.45, 2.75) is 11.8 Å². The first-order chi connectivity index (χ1) is 10.2. The molecule has 0 unspecified atom stereocenters. The smallest absolute Gasteiger partial charge is 0.255 e. The van der Waals surface area contributed by atoms with Crippen molar-refractivity contribution in [2.24, 2.45) is 0 Å². The van der Waals surface area contributed by atoms with Crippen LogP contribution in [-0.4, -0.2) is 20.6 Å². The monoisotopic (exact) mass is 385 g/mol. The molecule has 0 bridgehead atoms. The minimum Gasteiger partial charge on any atom is -0.319 e. The van der Waals surface area contributed by atoms with Gasteiger partial charge in [0.15, 0.2) is 9.84 Å². The molecule has 0 spiro atoms. The normalized spacial score (nSPS) is 11.3. The van der Waals surface area contributed by atoms with Crippen LogP contribution in [0, 0.1) is 12.7 Å². The predicted octanol–water partition coefficient (Wildman–Crippen LogP) is 3.55. The minimum atomic E-state index is -3.44. The molecule has 2 rings (SSSR count). The van der Waals surface area contributed by atoms with Gasteiger partial charge in [0, 0.05) is 16.3 Å². The van der Waals surface area contributed by atoms with E-state index >= 15 is 0 Å². The molecule has 7 heteroatoms. The molecule has 1 N–H and O–H groups in total. The Morgan fingerprint density at radius 1 is 1.18 bits per heavy atom. The summed E-state index contributed by atoms with van der Waals surface area (Å²) in [5.41, 5.74) is 0.719. The van der Waals surface area contributed by atoms with Gasteiger partial charge in [0.2, 0.25) is 0 Å². The molecule has 1 amide bonds. The number of benzene rings is 2. The fourth-order valence-corrected chi connectivity index (χ4v) is 3.25. The van der Waals surface area contributed by atoms with Crippen LogP contribution in [0.2, 0.25) is 0 Å². The van der Waals surface area contributed by atoms with E-state index in [-0.39, 0.29) is 16.1 Å². The van der Waals surface area contributed by atoms with Crippen LogP contribution in [0.25, 0.3) is 0 Å². The lowest BCUT2D eigenvalue weighted by Crippen LogP contribution is -2.14. The Kier molecular flexibility index (Phi) is 4.67. The first kappa shape index (κ1) is 16.6. The summed E-state index contributed by atoms with van der Waals surface area (Å²) in [6, 6.07) is 8.57. The molecule has 0 fully saturated rings. The second-order valence-electron chi connectivity index (χ2n) is 4.83. The summed E-state index contributed by atoms with van der Waals surface area (Å²) in [5, 5.41) is 2.42. The van der Waals surface area contributed by atoms with Crippen LogP contribution in [0.3, 0.4) is 0 Å². The molecule has 2 aromatic carbocycles. The molecule has 0 radical (unpaired) electrons. The Morgan fingerprint density at radius 3 is 2.45 bits per heavy atom. The molecular formula is C15H13BrFNO3S. The van der Waals surface area contributed by atoms with Crippen molar-refractivity contribution in [1.82, 2.24) is 0 Å². The van der Waals surface area contributed by atoms with E-state index in [1.165, 1.54) is 24.3 Å². The number of aryl methyl sites for hydroxylation is 1. The molecular weight excluding hydrogens is 373 g/mol. The van der Waals surface area contributed by atoms with Gasteiger partial charge in [-0.15, -0.1) is 0 Å². The number of sulfone groups is 1. The van der Waals surface area contributed by atoms with Gasteiger partial charge in [-0.3, -0.25) is 4.79 Å². The van der Waals surface area contributed by atoms with Crippen molar-refractivity contribution < 1.29 is 17.6 Å². The molecule has 2 aromatic rings. The largest absolute Gasteiger partial charge is 0.319 e. The third-order valence-electron chi connectivity index (χ3n) is 3.03. The Morgan fingerprint density at radius 2 is 1.86 bits per heavy atom. The molecule has 4 nitrogen and oxygen atoms in total. The third kappa shape index (κ3) is 3.72. The number of nitrogens with one attached hydrogen (secondary N) is 1. The second-order valence-corrected chi connectivity index (χ2v) is 7.73. The van der Waals surface area contributed by atoms with Crippen LogP contribution in [0.1, 0.15) is 15.9 Å². The average molecular weight is 386 g/mol. The van der Waals surface area contributed by atoms with Crippen molar-refractivity contribution >= 4 is 37.4 Å². The Hall–Kier alpha value is -1.73. The molecule has 0 aliphatic carbocycles. The molecule has 0 aliphatic rings. The van der Waals surface area contributed by atoms with Gasteiger partial charge in [-0.2, -0.15) is 0 Å². The molecule has 0 saturated heterocycles. The predicted molar refractivity (Wildman–Crippen MR) is 86.3 cm³/mol. The van der Waals surface area contributed by atoms with Gasteiger partial charge in [-0.1, -0.05) is 22.0 Å². The fourth-order valence-electron chi connectivity index (χ4n) is 1.93. The number of carbonyl (C=O) groups is 1. The first-order valence-corrected chi connectivity index (χ1v) is 8.94. The highest BCUT2D eigenvalue weighted by Gasteiger charge is 2.15. The van der Waals surface area contributed by atoms with E-state index in [1.54, 1.807) is 19.1 Å². The van der Waals surface area contributed by atoms with Crippen LogP contribution >= 0.6 is 15.9 Å². The van der Waals surface area contributed by atoms with E-state index in [4.69, 9.17) is 0 Å². The number of rotatable bonds is 3. The van der Waals surface area contributed by atoms with Gasteiger partial charge in [0.25, 0.3) is 5.91 Å². The zero-order valence-electron chi connectivity index (χ0n) is 11.9. The lowest BCUT2D eigenvalue weighted by atomic mass is 10.1. The number of carbonyl (C=O) groups excluding carboxylic acids is 1. The standard InChI is InChI=1S/C15H13BrFNO3S/c1-9-3-4-10(7-14(9)22(2,20)21)15(19)18-13-6-5-11(16)8-12(13)17/h3-8H,1-2H3,(H,18,19). The van der Waals surface area contributed by atoms with Crippen LogP contribution < -0.4 is 5.32 Å². The van der Waals surface area contributed by atoms with E-state index in [0.717, 1.165) is 6.26 Å². The van der Waals surface area contributed by atoms with Gasteiger partial charge in [-0.05, 0) is 42.8 Å². The van der Waals surface area contributed by atoms with Crippen molar-refractivity contribution in [1.29, 1.82) is 0 Å². The molecule has 22 heavy (non-hydrogen) atoms.